The van der Waals surface area contributed by atoms with Gasteiger partial charge in [-0.05, 0) is 12.1 Å². The number of hydrogen-bond donors (Lipinski definition) is 0. The first-order valence-corrected chi connectivity index (χ1v) is 3.56. The van der Waals surface area contributed by atoms with Crippen molar-refractivity contribution >= 4 is 10.9 Å². The van der Waals surface area contributed by atoms with Gasteiger partial charge in [-0.3, -0.25) is 4.79 Å². The minimum absolute atomic E-state index is 0.148. The fraction of sp³-hybridized carbons (Fsp3) is 0. The molecule has 0 saturated heterocycles. The number of benzene rings is 1. The van der Waals surface area contributed by atoms with E-state index in [1.165, 1.54) is 6.07 Å². The molecule has 2 nitrogen and oxygen atoms in total. The molecule has 0 N–H and O–H groups in total. The fourth-order valence-electron chi connectivity index (χ4n) is 1.15. The van der Waals surface area contributed by atoms with Crippen molar-refractivity contribution in [1.82, 2.24) is 4.79 Å². The molecule has 0 saturated carbocycles. The van der Waals surface area contributed by atoms with Crippen LogP contribution in [0, 0.1) is 0 Å². The molecule has 1 aromatic heterocycles. The van der Waals surface area contributed by atoms with Crippen molar-refractivity contribution in [3.63, 3.8) is 0 Å². The third-order valence-electron chi connectivity index (χ3n) is 1.75. The summed E-state index contributed by atoms with van der Waals surface area (Å²) in [7, 11) is 0. The number of nitrogens with zero attached hydrogens (tertiary/aromatic N) is 1. The highest BCUT2D eigenvalue weighted by Crippen LogP contribution is 2.09. The van der Waals surface area contributed by atoms with Crippen molar-refractivity contribution in [2.45, 2.75) is 0 Å². The predicted molar refractivity (Wildman–Crippen MR) is 44.7 cm³/mol. The van der Waals surface area contributed by atoms with E-state index >= 15 is 0 Å². The Morgan fingerprint density at radius 1 is 1.08 bits per heavy atom. The molecular formula is C9H6FNO. The molecule has 0 bridgehead atoms. The van der Waals surface area contributed by atoms with Crippen LogP contribution in [-0.4, -0.2) is 4.79 Å². The summed E-state index contributed by atoms with van der Waals surface area (Å²) in [5, 5.41) is 0.722. The quantitative estimate of drug-likeness (QED) is 0.579. The van der Waals surface area contributed by atoms with E-state index in [0.717, 1.165) is 5.39 Å². The number of aromatic nitrogens is 1. The monoisotopic (exact) mass is 163 g/mol. The summed E-state index contributed by atoms with van der Waals surface area (Å²) >= 11 is 0. The van der Waals surface area contributed by atoms with Crippen molar-refractivity contribution in [3.8, 4) is 0 Å². The minimum atomic E-state index is -0.631. The molecule has 1 heterocycles. The predicted octanol–water partition coefficient (Wildman–Crippen LogP) is 1.73. The van der Waals surface area contributed by atoms with E-state index in [1.807, 2.05) is 0 Å². The van der Waals surface area contributed by atoms with Gasteiger partial charge in [0.05, 0.1) is 5.52 Å². The minimum Gasteiger partial charge on any atom is -0.267 e. The van der Waals surface area contributed by atoms with Crippen LogP contribution >= 0.6 is 0 Å². The average molecular weight is 163 g/mol. The van der Waals surface area contributed by atoms with E-state index in [0.29, 0.717) is 5.52 Å². The smallest absolute Gasteiger partial charge is 0.267 e. The van der Waals surface area contributed by atoms with Gasteiger partial charge in [-0.25, -0.2) is 0 Å². The fourth-order valence-corrected chi connectivity index (χ4v) is 1.15. The molecular weight excluding hydrogens is 157 g/mol. The number of halogens is 1. The van der Waals surface area contributed by atoms with Crippen LogP contribution in [0.1, 0.15) is 0 Å². The van der Waals surface area contributed by atoms with Gasteiger partial charge in [-0.2, -0.15) is 0 Å². The van der Waals surface area contributed by atoms with Gasteiger partial charge in [0.2, 0.25) is 0 Å². The largest absolute Gasteiger partial charge is 0.279 e. The Morgan fingerprint density at radius 2 is 1.83 bits per heavy atom. The van der Waals surface area contributed by atoms with E-state index in [-0.39, 0.29) is 4.79 Å². The second-order valence-corrected chi connectivity index (χ2v) is 2.51. The Balaban J connectivity index is 3.01. The number of rotatable bonds is 0. The maximum atomic E-state index is 13.0. The van der Waals surface area contributed by atoms with E-state index in [9.17, 15) is 9.28 Å². The molecule has 1 aromatic carbocycles. The second kappa shape index (κ2) is 2.44. The number of pyridine rings is 1. The van der Waals surface area contributed by atoms with Crippen LogP contribution in [0.4, 0.5) is 4.48 Å². The van der Waals surface area contributed by atoms with Crippen molar-refractivity contribution in [1.29, 1.82) is 0 Å². The first kappa shape index (κ1) is 7.03. The number of fused-ring (bicyclic) bond motifs is 1. The molecule has 2 rings (SSSR count). The van der Waals surface area contributed by atoms with Crippen molar-refractivity contribution < 1.29 is 4.48 Å². The standard InChI is InChI=1S/C9H6FNO/c10-11-8-4-2-1-3-7(8)5-6-9(11)12/h1-6H. The van der Waals surface area contributed by atoms with Crippen LogP contribution in [0.15, 0.2) is 41.2 Å². The summed E-state index contributed by atoms with van der Waals surface area (Å²) in [6.07, 6.45) is 0. The molecule has 0 aliphatic rings. The lowest BCUT2D eigenvalue weighted by molar-refractivity contribution is 0.371. The highest BCUT2D eigenvalue weighted by Gasteiger charge is 1.98. The second-order valence-electron chi connectivity index (χ2n) is 2.51. The Bertz CT molecular complexity index is 475. The zero-order chi connectivity index (χ0) is 8.55. The summed E-state index contributed by atoms with van der Waals surface area (Å²) in [6, 6.07) is 9.63. The van der Waals surface area contributed by atoms with Crippen LogP contribution in [0.2, 0.25) is 0 Å². The number of para-hydroxylation sites is 1. The normalized spacial score (nSPS) is 10.4. The molecule has 2 aromatic rings. The van der Waals surface area contributed by atoms with E-state index in [4.69, 9.17) is 0 Å². The molecule has 60 valence electrons. The van der Waals surface area contributed by atoms with Gasteiger partial charge in [0.15, 0.2) is 0 Å². The molecule has 0 radical (unpaired) electrons. The zero-order valence-electron chi connectivity index (χ0n) is 6.20. The highest BCUT2D eigenvalue weighted by molar-refractivity contribution is 5.78. The summed E-state index contributed by atoms with van der Waals surface area (Å²) in [6.45, 7) is 0. The summed E-state index contributed by atoms with van der Waals surface area (Å²) in [5.74, 6) is 0. The zero-order valence-corrected chi connectivity index (χ0v) is 6.20. The Morgan fingerprint density at radius 3 is 2.67 bits per heavy atom. The van der Waals surface area contributed by atoms with Crippen LogP contribution < -0.4 is 5.56 Å². The van der Waals surface area contributed by atoms with E-state index in [2.05, 4.69) is 0 Å². The average Bonchev–Trinajstić information content (AvgIpc) is 2.12. The molecule has 0 atom stereocenters. The summed E-state index contributed by atoms with van der Waals surface area (Å²) < 4.78 is 13.0. The van der Waals surface area contributed by atoms with Crippen LogP contribution in [0.25, 0.3) is 10.9 Å². The van der Waals surface area contributed by atoms with Gasteiger partial charge in [-0.15, -0.1) is 4.79 Å². The molecule has 0 amide bonds. The van der Waals surface area contributed by atoms with Crippen LogP contribution in [0.3, 0.4) is 0 Å². The molecule has 0 aliphatic carbocycles. The Labute approximate surface area is 67.8 Å². The lowest BCUT2D eigenvalue weighted by Gasteiger charge is -1.97. The molecule has 0 aliphatic heterocycles. The van der Waals surface area contributed by atoms with Crippen LogP contribution in [-0.2, 0) is 0 Å². The maximum absolute atomic E-state index is 13.0. The van der Waals surface area contributed by atoms with Crippen LogP contribution in [0.5, 0.6) is 0 Å². The van der Waals surface area contributed by atoms with E-state index < -0.39 is 5.56 Å². The molecule has 0 fully saturated rings. The molecule has 0 spiro atoms. The first-order valence-electron chi connectivity index (χ1n) is 3.56. The van der Waals surface area contributed by atoms with Gasteiger partial charge in [0.1, 0.15) is 0 Å². The van der Waals surface area contributed by atoms with Gasteiger partial charge in [0, 0.05) is 11.5 Å². The van der Waals surface area contributed by atoms with Crippen molar-refractivity contribution in [2.24, 2.45) is 0 Å². The van der Waals surface area contributed by atoms with E-state index in [1.54, 1.807) is 30.3 Å². The Hall–Kier alpha value is -1.64. The molecule has 12 heavy (non-hydrogen) atoms. The summed E-state index contributed by atoms with van der Waals surface area (Å²) in [5.41, 5.74) is -0.321. The van der Waals surface area contributed by atoms with Crippen molar-refractivity contribution in [2.75, 3.05) is 0 Å². The van der Waals surface area contributed by atoms with Gasteiger partial charge in [0.25, 0.3) is 5.56 Å². The first-order chi connectivity index (χ1) is 5.79. The SMILES string of the molecule is O=c1ccc2ccccc2n1F. The number of hydrogen-bond acceptors (Lipinski definition) is 1. The van der Waals surface area contributed by atoms with Gasteiger partial charge < -0.3 is 0 Å². The molecule has 0 unspecified atom stereocenters. The Kier molecular flexibility index (Phi) is 1.43. The summed E-state index contributed by atoms with van der Waals surface area (Å²) in [4.78, 5) is 11.0. The lowest BCUT2D eigenvalue weighted by atomic mass is 10.2. The third-order valence-corrected chi connectivity index (χ3v) is 1.75. The topological polar surface area (TPSA) is 22.0 Å². The lowest BCUT2D eigenvalue weighted by Crippen LogP contribution is -2.11. The highest BCUT2D eigenvalue weighted by atomic mass is 19.2. The van der Waals surface area contributed by atoms with Crippen molar-refractivity contribution in [3.05, 3.63) is 46.8 Å². The van der Waals surface area contributed by atoms with Gasteiger partial charge in [-0.1, -0.05) is 22.7 Å². The molecule has 3 heteroatoms. The maximum Gasteiger partial charge on any atom is 0.279 e. The third kappa shape index (κ3) is 0.906. The van der Waals surface area contributed by atoms with Gasteiger partial charge >= 0.3 is 0 Å².